The van der Waals surface area contributed by atoms with E-state index in [1.54, 1.807) is 4.52 Å². The third-order valence-electron chi connectivity index (χ3n) is 5.33. The average molecular weight is 385 g/mol. The fourth-order valence-corrected chi connectivity index (χ4v) is 3.63. The van der Waals surface area contributed by atoms with Gasteiger partial charge in [0.05, 0.1) is 5.69 Å². The highest BCUT2D eigenvalue weighted by Crippen LogP contribution is 2.25. The first-order chi connectivity index (χ1) is 14.3. The maximum atomic E-state index is 4.63. The predicted octanol–water partition coefficient (Wildman–Crippen LogP) is 3.29. The number of hydrogen-bond acceptors (Lipinski definition) is 6. The second-order valence-electron chi connectivity index (χ2n) is 7.33. The Bertz CT molecular complexity index is 1100. The van der Waals surface area contributed by atoms with Crippen molar-refractivity contribution in [3.8, 4) is 11.3 Å². The van der Waals surface area contributed by atoms with Gasteiger partial charge in [-0.2, -0.15) is 14.6 Å². The molecule has 1 aliphatic rings. The zero-order valence-electron chi connectivity index (χ0n) is 16.4. The van der Waals surface area contributed by atoms with Crippen LogP contribution in [0, 0.1) is 0 Å². The lowest BCUT2D eigenvalue weighted by Gasteiger charge is -2.34. The molecule has 0 saturated carbocycles. The monoisotopic (exact) mass is 385 g/mol. The summed E-state index contributed by atoms with van der Waals surface area (Å²) >= 11 is 0. The van der Waals surface area contributed by atoms with Gasteiger partial charge in [-0.15, -0.1) is 0 Å². The van der Waals surface area contributed by atoms with Crippen molar-refractivity contribution in [2.45, 2.75) is 0 Å². The summed E-state index contributed by atoms with van der Waals surface area (Å²) in [4.78, 5) is 13.7. The van der Waals surface area contributed by atoms with Crippen molar-refractivity contribution >= 4 is 23.0 Å². The molecule has 0 bridgehead atoms. The summed E-state index contributed by atoms with van der Waals surface area (Å²) in [7, 11) is 2.17. The molecule has 0 unspecified atom stereocenters. The third-order valence-corrected chi connectivity index (χ3v) is 5.33. The van der Waals surface area contributed by atoms with Gasteiger partial charge in [0.1, 0.15) is 12.1 Å². The lowest BCUT2D eigenvalue weighted by Crippen LogP contribution is -2.44. The summed E-state index contributed by atoms with van der Waals surface area (Å²) in [5.74, 6) is 1.40. The van der Waals surface area contributed by atoms with Crippen molar-refractivity contribution in [1.82, 2.24) is 24.5 Å². The molecule has 5 rings (SSSR count). The molecule has 0 radical (unpaired) electrons. The summed E-state index contributed by atoms with van der Waals surface area (Å²) in [6.07, 6.45) is 1.53. The van der Waals surface area contributed by atoms with Crippen molar-refractivity contribution in [3.05, 3.63) is 67.0 Å². The highest BCUT2D eigenvalue weighted by atomic mass is 15.4. The average Bonchev–Trinajstić information content (AvgIpc) is 3.25. The molecule has 1 fully saturated rings. The highest BCUT2D eigenvalue weighted by molar-refractivity contribution is 5.69. The molecule has 29 heavy (non-hydrogen) atoms. The van der Waals surface area contributed by atoms with Gasteiger partial charge >= 0.3 is 0 Å². The van der Waals surface area contributed by atoms with E-state index in [-0.39, 0.29) is 0 Å². The zero-order valence-corrected chi connectivity index (χ0v) is 16.4. The number of likely N-dealkylation sites (N-methyl/N-ethyl adjacent to an activating group) is 1. The molecule has 1 aliphatic heterocycles. The Labute approximate surface area is 169 Å². The van der Waals surface area contributed by atoms with E-state index in [2.05, 4.69) is 61.5 Å². The van der Waals surface area contributed by atoms with Crippen molar-refractivity contribution in [2.75, 3.05) is 43.4 Å². The van der Waals surface area contributed by atoms with Gasteiger partial charge < -0.3 is 15.1 Å². The number of nitrogens with zero attached hydrogens (tertiary/aromatic N) is 6. The van der Waals surface area contributed by atoms with Crippen molar-refractivity contribution in [2.24, 2.45) is 0 Å². The predicted molar refractivity (Wildman–Crippen MR) is 116 cm³/mol. The smallest absolute Gasteiger partial charge is 0.254 e. The van der Waals surface area contributed by atoms with E-state index in [4.69, 9.17) is 0 Å². The first-order valence-corrected chi connectivity index (χ1v) is 9.83. The molecule has 0 amide bonds. The maximum Gasteiger partial charge on any atom is 0.254 e. The highest BCUT2D eigenvalue weighted by Gasteiger charge is 2.14. The number of aromatic nitrogens is 4. The molecular formula is C22H23N7. The van der Waals surface area contributed by atoms with Crippen LogP contribution in [0.3, 0.4) is 0 Å². The van der Waals surface area contributed by atoms with Gasteiger partial charge in [-0.05, 0) is 31.3 Å². The van der Waals surface area contributed by atoms with Gasteiger partial charge in [0, 0.05) is 49.2 Å². The number of benzene rings is 2. The van der Waals surface area contributed by atoms with Crippen LogP contribution in [0.5, 0.6) is 0 Å². The Hall–Kier alpha value is -3.45. The van der Waals surface area contributed by atoms with Crippen LogP contribution in [0.4, 0.5) is 17.2 Å². The first-order valence-electron chi connectivity index (χ1n) is 9.83. The van der Waals surface area contributed by atoms with Crippen LogP contribution in [0.2, 0.25) is 0 Å². The Morgan fingerprint density at radius 3 is 2.41 bits per heavy atom. The van der Waals surface area contributed by atoms with Crippen LogP contribution in [-0.4, -0.2) is 57.7 Å². The van der Waals surface area contributed by atoms with E-state index < -0.39 is 0 Å². The summed E-state index contributed by atoms with van der Waals surface area (Å²) in [6, 6.07) is 20.7. The molecule has 1 N–H and O–H groups in total. The van der Waals surface area contributed by atoms with Crippen molar-refractivity contribution in [3.63, 3.8) is 0 Å². The fraction of sp³-hybridized carbons (Fsp3) is 0.227. The standard InChI is InChI=1S/C22H23N7/c1-27-11-13-28(14-12-27)19-9-7-18(8-10-19)25-21-15-20(17-5-3-2-4-6-17)26-22-23-16-24-29(21)22/h2-10,15-16,25H,11-14H2,1H3. The van der Waals surface area contributed by atoms with Crippen LogP contribution in [0.15, 0.2) is 67.0 Å². The molecule has 1 saturated heterocycles. The number of nitrogens with one attached hydrogen (secondary N) is 1. The Kier molecular flexibility index (Phi) is 4.57. The summed E-state index contributed by atoms with van der Waals surface area (Å²) < 4.78 is 1.72. The second kappa shape index (κ2) is 7.52. The number of rotatable bonds is 4. The first kappa shape index (κ1) is 17.6. The van der Waals surface area contributed by atoms with E-state index in [1.807, 2.05) is 36.4 Å². The van der Waals surface area contributed by atoms with Crippen molar-refractivity contribution in [1.29, 1.82) is 0 Å². The number of piperazine rings is 1. The van der Waals surface area contributed by atoms with Gasteiger partial charge in [-0.3, -0.25) is 0 Å². The van der Waals surface area contributed by atoms with Crippen LogP contribution in [0.1, 0.15) is 0 Å². The Morgan fingerprint density at radius 2 is 1.66 bits per heavy atom. The second-order valence-corrected chi connectivity index (χ2v) is 7.33. The zero-order chi connectivity index (χ0) is 19.6. The van der Waals surface area contributed by atoms with E-state index in [0.717, 1.165) is 48.9 Å². The lowest BCUT2D eigenvalue weighted by molar-refractivity contribution is 0.313. The van der Waals surface area contributed by atoms with E-state index in [1.165, 1.54) is 12.0 Å². The van der Waals surface area contributed by atoms with Crippen LogP contribution >= 0.6 is 0 Å². The number of hydrogen-bond donors (Lipinski definition) is 1. The molecule has 7 heteroatoms. The molecule has 2 aromatic carbocycles. The SMILES string of the molecule is CN1CCN(c2ccc(Nc3cc(-c4ccccc4)nc4ncnn34)cc2)CC1. The summed E-state index contributed by atoms with van der Waals surface area (Å²) in [5.41, 5.74) is 4.17. The minimum absolute atomic E-state index is 0.572. The van der Waals surface area contributed by atoms with Gasteiger partial charge in [0.15, 0.2) is 0 Å². The molecule has 0 spiro atoms. The van der Waals surface area contributed by atoms with Crippen LogP contribution in [-0.2, 0) is 0 Å². The molecule has 0 aliphatic carbocycles. The topological polar surface area (TPSA) is 61.6 Å². The summed E-state index contributed by atoms with van der Waals surface area (Å²) in [6.45, 7) is 4.33. The van der Waals surface area contributed by atoms with Gasteiger partial charge in [-0.1, -0.05) is 30.3 Å². The minimum atomic E-state index is 0.572. The quantitative estimate of drug-likeness (QED) is 0.582. The lowest BCUT2D eigenvalue weighted by atomic mass is 10.1. The molecule has 146 valence electrons. The van der Waals surface area contributed by atoms with Gasteiger partial charge in [0.25, 0.3) is 5.78 Å². The Morgan fingerprint density at radius 1 is 0.897 bits per heavy atom. The van der Waals surface area contributed by atoms with Crippen LogP contribution < -0.4 is 10.2 Å². The molecule has 0 atom stereocenters. The number of fused-ring (bicyclic) bond motifs is 1. The summed E-state index contributed by atoms with van der Waals surface area (Å²) in [5, 5.41) is 7.79. The van der Waals surface area contributed by atoms with E-state index in [0.29, 0.717) is 5.78 Å². The maximum absolute atomic E-state index is 4.63. The largest absolute Gasteiger partial charge is 0.369 e. The van der Waals surface area contributed by atoms with Crippen LogP contribution in [0.25, 0.3) is 17.0 Å². The molecular weight excluding hydrogens is 362 g/mol. The van der Waals surface area contributed by atoms with E-state index >= 15 is 0 Å². The third kappa shape index (κ3) is 3.64. The number of anilines is 3. The Balaban J connectivity index is 1.42. The van der Waals surface area contributed by atoms with E-state index in [9.17, 15) is 0 Å². The molecule has 3 heterocycles. The minimum Gasteiger partial charge on any atom is -0.369 e. The molecule has 2 aromatic heterocycles. The van der Waals surface area contributed by atoms with Crippen molar-refractivity contribution < 1.29 is 0 Å². The molecule has 7 nitrogen and oxygen atoms in total. The normalized spacial score (nSPS) is 15.0. The van der Waals surface area contributed by atoms with Gasteiger partial charge in [0.2, 0.25) is 0 Å². The fourth-order valence-electron chi connectivity index (χ4n) is 3.63. The molecule has 4 aromatic rings. The van der Waals surface area contributed by atoms with Gasteiger partial charge in [-0.25, -0.2) is 4.98 Å².